The molecule has 1 heterocycles. The predicted molar refractivity (Wildman–Crippen MR) is 296 cm³/mol. The van der Waals surface area contributed by atoms with Gasteiger partial charge in [0.1, 0.15) is 29.6 Å². The summed E-state index contributed by atoms with van der Waals surface area (Å²) < 4.78 is 65.9. The molecule has 6 aromatic carbocycles. The maximum absolute atomic E-state index is 14.2. The van der Waals surface area contributed by atoms with Gasteiger partial charge >= 0.3 is 0 Å². The van der Waals surface area contributed by atoms with Crippen LogP contribution in [0.1, 0.15) is 69.2 Å². The van der Waals surface area contributed by atoms with Crippen molar-refractivity contribution in [1.29, 1.82) is 0 Å². The first-order valence-electron chi connectivity index (χ1n) is 24.3. The van der Waals surface area contributed by atoms with Gasteiger partial charge in [0.05, 0.1) is 6.61 Å². The summed E-state index contributed by atoms with van der Waals surface area (Å²) in [7, 11) is -14.9. The van der Waals surface area contributed by atoms with Gasteiger partial charge in [-0.2, -0.15) is 8.42 Å². The highest BCUT2D eigenvalue weighted by Crippen LogP contribution is 2.44. The van der Waals surface area contributed by atoms with Gasteiger partial charge in [-0.15, -0.1) is 11.6 Å². The summed E-state index contributed by atoms with van der Waals surface area (Å²) in [6, 6.07) is 59.9. The molecule has 1 N–H and O–H groups in total. The van der Waals surface area contributed by atoms with Crippen LogP contribution in [0, 0.1) is 0 Å². The van der Waals surface area contributed by atoms with Gasteiger partial charge in [0, 0.05) is 6.92 Å². The van der Waals surface area contributed by atoms with E-state index in [-0.39, 0.29) is 6.61 Å². The molecule has 71 heavy (non-hydrogen) atoms. The molecule has 376 valence electrons. The predicted octanol–water partition coefficient (Wildman–Crippen LogP) is 8.23. The molecular weight excluding hydrogens is 978 g/mol. The molecule has 0 unspecified atom stereocenters. The van der Waals surface area contributed by atoms with Gasteiger partial charge in [-0.1, -0.05) is 244 Å². The molecule has 0 radical (unpaired) electrons. The van der Waals surface area contributed by atoms with E-state index in [1.165, 1.54) is 6.92 Å². The molecule has 0 aliphatic carbocycles. The Kier molecular flexibility index (Phi) is 16.7. The van der Waals surface area contributed by atoms with Gasteiger partial charge in [0.25, 0.3) is 35.1 Å². The molecule has 0 bridgehead atoms. The Bertz CT molecular complexity index is 2640. The summed E-state index contributed by atoms with van der Waals surface area (Å²) in [5.41, 5.74) is 0. The van der Waals surface area contributed by atoms with Gasteiger partial charge in [0.2, 0.25) is 5.91 Å². The van der Waals surface area contributed by atoms with Crippen molar-refractivity contribution in [2.75, 3.05) is 11.8 Å². The van der Waals surface area contributed by atoms with Crippen LogP contribution in [0.3, 0.4) is 0 Å². The molecule has 1 aliphatic rings. The number of hydrogen-bond donors (Lipinski definition) is 1. The highest BCUT2D eigenvalue weighted by Gasteiger charge is 2.61. The van der Waals surface area contributed by atoms with Crippen LogP contribution in [0.5, 0.6) is 0 Å². The lowest BCUT2D eigenvalue weighted by Crippen LogP contribution is -2.76. The number of carbonyl (C=O) groups excluding carboxylic acids is 1. The van der Waals surface area contributed by atoms with Crippen molar-refractivity contribution in [2.24, 2.45) is 0 Å². The van der Waals surface area contributed by atoms with Crippen molar-refractivity contribution in [3.8, 4) is 0 Å². The first-order valence-corrected chi connectivity index (χ1v) is 32.2. The molecule has 1 amide bonds. The van der Waals surface area contributed by atoms with Gasteiger partial charge in [-0.05, 0) is 46.2 Å². The Morgan fingerprint density at radius 3 is 1.13 bits per heavy atom. The third-order valence-electron chi connectivity index (χ3n) is 13.7. The van der Waals surface area contributed by atoms with E-state index in [1.807, 2.05) is 109 Å². The zero-order chi connectivity index (χ0) is 51.3. The summed E-state index contributed by atoms with van der Waals surface area (Å²) in [4.78, 5) is 14.0. The Hall–Kier alpha value is -4.52. The van der Waals surface area contributed by atoms with Gasteiger partial charge in [0.15, 0.2) is 6.29 Å². The van der Waals surface area contributed by atoms with Crippen LogP contribution in [-0.2, 0) is 37.1 Å². The quantitative estimate of drug-likeness (QED) is 0.0554. The number of carbonyl (C=O) groups is 1. The number of hydrogen-bond acceptors (Lipinski definition) is 8. The third kappa shape index (κ3) is 11.1. The smallest absolute Gasteiger partial charge is 0.281 e. The lowest BCUT2D eigenvalue weighted by molar-refractivity contribution is -0.236. The Morgan fingerprint density at radius 2 is 0.831 bits per heavy atom. The van der Waals surface area contributed by atoms with Crippen LogP contribution in [0.2, 0.25) is 15.1 Å². The van der Waals surface area contributed by atoms with Gasteiger partial charge in [-0.25, -0.2) is 0 Å². The molecule has 1 saturated heterocycles. The summed E-state index contributed by atoms with van der Waals surface area (Å²) in [6.45, 7) is 20.8. The average molecular weight is 1050 g/mol. The number of halogens is 1. The van der Waals surface area contributed by atoms with E-state index in [0.29, 0.717) is 0 Å². The maximum atomic E-state index is 14.2. The second-order valence-corrected chi connectivity index (χ2v) is 36.5. The lowest BCUT2D eigenvalue weighted by atomic mass is 9.97. The summed E-state index contributed by atoms with van der Waals surface area (Å²) in [5, 5.41) is 6.69. The number of rotatable bonds is 17. The van der Waals surface area contributed by atoms with Crippen molar-refractivity contribution < 1.29 is 35.4 Å². The van der Waals surface area contributed by atoms with Crippen LogP contribution in [0.15, 0.2) is 182 Å². The molecule has 0 spiro atoms. The minimum absolute atomic E-state index is 0.149. The van der Waals surface area contributed by atoms with E-state index >= 15 is 0 Å². The molecule has 7 rings (SSSR count). The SMILES string of the molecule is CC(=O)N[C@H]1[C@H](O[Si](c2ccccc2)(c2ccccc2)C(C)(C)C)O[C@H](CO[Si](c2ccccc2)(c2ccccc2)C(C)(C)C)[C@@H](OS(=O)(=O)CCl)[C@@H]1O[Si](c1ccccc1)(c1ccccc1)C(C)(C)C. The highest BCUT2D eigenvalue weighted by molar-refractivity contribution is 7.87. The fourth-order valence-corrected chi connectivity index (χ4v) is 25.3. The Labute approximate surface area is 430 Å². The molecule has 1 fully saturated rings. The van der Waals surface area contributed by atoms with Crippen molar-refractivity contribution in [3.05, 3.63) is 182 Å². The molecular formula is C57H70ClNO8SSi3. The fraction of sp³-hybridized carbons (Fsp3) is 0.351. The van der Waals surface area contributed by atoms with Crippen molar-refractivity contribution >= 4 is 83.7 Å². The molecule has 6 aromatic rings. The van der Waals surface area contributed by atoms with Crippen LogP contribution in [0.4, 0.5) is 0 Å². The van der Waals surface area contributed by atoms with Crippen LogP contribution in [-0.4, -0.2) is 81.7 Å². The normalized spacial score (nSPS) is 19.5. The first kappa shape index (κ1) is 54.3. The monoisotopic (exact) mass is 1050 g/mol. The molecule has 1 aliphatic heterocycles. The van der Waals surface area contributed by atoms with Crippen LogP contribution >= 0.6 is 11.6 Å². The zero-order valence-corrected chi connectivity index (χ0v) is 47.2. The van der Waals surface area contributed by atoms with E-state index in [4.69, 9.17) is 33.8 Å². The molecule has 0 saturated carbocycles. The maximum Gasteiger partial charge on any atom is 0.281 e. The lowest BCUT2D eigenvalue weighted by Gasteiger charge is -2.54. The summed E-state index contributed by atoms with van der Waals surface area (Å²) in [6.07, 6.45) is -5.09. The minimum atomic E-state index is -4.47. The molecule has 14 heteroatoms. The minimum Gasteiger partial charge on any atom is -0.405 e. The van der Waals surface area contributed by atoms with E-state index in [0.717, 1.165) is 31.1 Å². The van der Waals surface area contributed by atoms with E-state index in [9.17, 15) is 13.2 Å². The van der Waals surface area contributed by atoms with Gasteiger partial charge < -0.3 is 23.3 Å². The van der Waals surface area contributed by atoms with E-state index < -0.39 is 91.9 Å². The average Bonchev–Trinajstić information content (AvgIpc) is 3.34. The summed E-state index contributed by atoms with van der Waals surface area (Å²) >= 11 is 6.30. The third-order valence-corrected chi connectivity index (χ3v) is 30.3. The van der Waals surface area contributed by atoms with Crippen molar-refractivity contribution in [2.45, 2.75) is 115 Å². The largest absolute Gasteiger partial charge is 0.405 e. The Morgan fingerprint density at radius 1 is 0.521 bits per heavy atom. The number of benzene rings is 6. The fourth-order valence-electron chi connectivity index (χ4n) is 10.7. The second kappa shape index (κ2) is 21.9. The summed E-state index contributed by atoms with van der Waals surface area (Å²) in [5.74, 6) is -0.397. The number of ether oxygens (including phenoxy) is 1. The van der Waals surface area contributed by atoms with Crippen molar-refractivity contribution in [3.63, 3.8) is 0 Å². The number of alkyl halides is 1. The zero-order valence-electron chi connectivity index (χ0n) is 42.7. The van der Waals surface area contributed by atoms with Crippen LogP contribution in [0.25, 0.3) is 0 Å². The van der Waals surface area contributed by atoms with E-state index in [1.54, 1.807) is 0 Å². The van der Waals surface area contributed by atoms with Gasteiger partial charge in [-0.3, -0.25) is 8.98 Å². The molecule has 0 aromatic heterocycles. The first-order chi connectivity index (χ1) is 33.6. The van der Waals surface area contributed by atoms with Crippen molar-refractivity contribution in [1.82, 2.24) is 5.32 Å². The molecule has 5 atom stereocenters. The van der Waals surface area contributed by atoms with Crippen LogP contribution < -0.4 is 36.4 Å². The number of amides is 1. The second-order valence-electron chi connectivity index (χ2n) is 21.5. The Balaban J connectivity index is 1.55. The van der Waals surface area contributed by atoms with E-state index in [2.05, 4.69) is 140 Å². The highest BCUT2D eigenvalue weighted by atomic mass is 35.5. The topological polar surface area (TPSA) is 109 Å². The molecule has 9 nitrogen and oxygen atoms in total. The number of nitrogens with one attached hydrogen (secondary N) is 1. The standard InChI is InChI=1S/C57H70ClNO8SSi3/c1-43(60)59-51-53(66-70(56(5,6)7,46-33-21-13-22-34-46)47-35-23-14-24-36-47)52(65-68(61,62)42-58)50(41-63-69(55(2,3)4,44-29-17-11-18-30-44)45-31-19-12-20-32-45)64-54(51)67-71(57(8,9)10,48-37-25-15-26-38-48)49-39-27-16-28-40-49/h11-40,50-54H,41-42H2,1-10H3,(H,59,60)/t50-,51-,52-,53-,54+/m1/s1.